The van der Waals surface area contributed by atoms with E-state index >= 15 is 0 Å². The number of hydrogen-bond donors (Lipinski definition) is 1. The number of thiazole rings is 1. The smallest absolute Gasteiger partial charge is 0.227 e. The number of piperidine rings is 1. The summed E-state index contributed by atoms with van der Waals surface area (Å²) in [6.07, 6.45) is 1.58. The van der Waals surface area contributed by atoms with Gasteiger partial charge in [-0.25, -0.2) is 9.37 Å². The first kappa shape index (κ1) is 22.3. The van der Waals surface area contributed by atoms with Crippen LogP contribution in [-0.4, -0.2) is 65.1 Å². The van der Waals surface area contributed by atoms with Crippen LogP contribution in [-0.2, 0) is 28.2 Å². The maximum Gasteiger partial charge on any atom is 0.227 e. The Morgan fingerprint density at radius 2 is 2.19 bits per heavy atom. The van der Waals surface area contributed by atoms with Crippen LogP contribution in [0.4, 0.5) is 4.39 Å². The van der Waals surface area contributed by atoms with Crippen molar-refractivity contribution in [3.8, 4) is 0 Å². The van der Waals surface area contributed by atoms with Gasteiger partial charge in [-0.1, -0.05) is 6.07 Å². The molecule has 1 amide bonds. The van der Waals surface area contributed by atoms with Crippen LogP contribution in [0.25, 0.3) is 0 Å². The van der Waals surface area contributed by atoms with Gasteiger partial charge in [0.2, 0.25) is 5.91 Å². The normalized spacial score (nSPS) is 19.9. The quantitative estimate of drug-likeness (QED) is 0.707. The number of carbonyl (C=O) groups excluding carboxylic acids is 1. The van der Waals surface area contributed by atoms with E-state index in [2.05, 4.69) is 9.88 Å². The SMILES string of the molecule is C[C@H](O)CN(C)C(=O)C(Cc1cscn1)CN1CCC2(CC1)OCc1ccc(F)cc12. The zero-order chi connectivity index (χ0) is 22.0. The van der Waals surface area contributed by atoms with E-state index in [1.807, 2.05) is 11.4 Å². The van der Waals surface area contributed by atoms with E-state index in [0.29, 0.717) is 26.1 Å². The van der Waals surface area contributed by atoms with Gasteiger partial charge in [-0.15, -0.1) is 11.3 Å². The molecule has 2 atom stereocenters. The second kappa shape index (κ2) is 9.32. The lowest BCUT2D eigenvalue weighted by molar-refractivity contribution is -0.136. The summed E-state index contributed by atoms with van der Waals surface area (Å²) in [7, 11) is 1.74. The average molecular weight is 448 g/mol. The largest absolute Gasteiger partial charge is 0.392 e. The number of carbonyl (C=O) groups is 1. The van der Waals surface area contributed by atoms with E-state index in [1.165, 1.54) is 17.4 Å². The van der Waals surface area contributed by atoms with Crippen molar-refractivity contribution in [2.24, 2.45) is 5.92 Å². The predicted molar refractivity (Wildman–Crippen MR) is 117 cm³/mol. The molecule has 0 aliphatic carbocycles. The molecule has 2 aromatic rings. The number of ether oxygens (including phenoxy) is 1. The van der Waals surface area contributed by atoms with Gasteiger partial charge in [-0.3, -0.25) is 4.79 Å². The van der Waals surface area contributed by atoms with Crippen molar-refractivity contribution in [2.75, 3.05) is 33.2 Å². The third-order valence-electron chi connectivity index (χ3n) is 6.41. The minimum atomic E-state index is -0.566. The van der Waals surface area contributed by atoms with E-state index in [0.717, 1.165) is 42.8 Å². The molecule has 1 saturated heterocycles. The van der Waals surface area contributed by atoms with Crippen molar-refractivity contribution in [3.63, 3.8) is 0 Å². The number of aliphatic hydroxyl groups excluding tert-OH is 1. The van der Waals surface area contributed by atoms with Crippen molar-refractivity contribution < 1.29 is 19.0 Å². The number of nitrogens with zero attached hydrogens (tertiary/aromatic N) is 3. The molecule has 0 radical (unpaired) electrons. The number of fused-ring (bicyclic) bond motifs is 2. The molecule has 0 saturated carbocycles. The van der Waals surface area contributed by atoms with Crippen LogP contribution in [0.3, 0.4) is 0 Å². The molecular weight excluding hydrogens is 417 g/mol. The van der Waals surface area contributed by atoms with Crippen LogP contribution in [0, 0.1) is 11.7 Å². The maximum absolute atomic E-state index is 13.9. The fourth-order valence-corrected chi connectivity index (χ4v) is 5.40. The Balaban J connectivity index is 1.43. The zero-order valence-corrected chi connectivity index (χ0v) is 18.9. The fourth-order valence-electron chi connectivity index (χ4n) is 4.83. The van der Waals surface area contributed by atoms with Crippen LogP contribution in [0.5, 0.6) is 0 Å². The number of hydrogen-bond acceptors (Lipinski definition) is 6. The average Bonchev–Trinajstić information content (AvgIpc) is 3.37. The van der Waals surface area contributed by atoms with E-state index in [1.54, 1.807) is 30.4 Å². The Hall–Kier alpha value is -1.87. The molecule has 1 N–H and O–H groups in total. The molecule has 1 aromatic heterocycles. The first-order valence-electron chi connectivity index (χ1n) is 10.8. The standard InChI is InChI=1S/C23H30FN3O3S/c1-16(28)11-26(2)22(29)18(9-20-14-31-15-25-20)12-27-7-5-23(6-8-27)21-10-19(24)4-3-17(21)13-30-23/h3-4,10,14-16,18,28H,5-9,11-13H2,1-2H3/t16-,18?/m0/s1. The van der Waals surface area contributed by atoms with Gasteiger partial charge in [0.05, 0.1) is 35.4 Å². The highest BCUT2D eigenvalue weighted by Crippen LogP contribution is 2.44. The number of aromatic nitrogens is 1. The molecule has 1 fully saturated rings. The summed E-state index contributed by atoms with van der Waals surface area (Å²) in [5, 5.41) is 11.7. The lowest BCUT2D eigenvalue weighted by Gasteiger charge is -2.40. The van der Waals surface area contributed by atoms with E-state index in [4.69, 9.17) is 4.74 Å². The molecule has 3 heterocycles. The van der Waals surface area contributed by atoms with Gasteiger partial charge in [0.25, 0.3) is 0 Å². The molecule has 6 nitrogen and oxygen atoms in total. The zero-order valence-electron chi connectivity index (χ0n) is 18.1. The van der Waals surface area contributed by atoms with Crippen molar-refractivity contribution in [1.82, 2.24) is 14.8 Å². The number of halogens is 1. The molecule has 1 unspecified atom stereocenters. The molecule has 168 valence electrons. The summed E-state index contributed by atoms with van der Waals surface area (Å²) >= 11 is 1.53. The first-order valence-corrected chi connectivity index (χ1v) is 11.8. The summed E-state index contributed by atoms with van der Waals surface area (Å²) in [5.74, 6) is -0.422. The summed E-state index contributed by atoms with van der Waals surface area (Å²) < 4.78 is 20.0. The Bertz CT molecular complexity index is 897. The van der Waals surface area contributed by atoms with Gasteiger partial charge in [-0.2, -0.15) is 0 Å². The van der Waals surface area contributed by atoms with Crippen LogP contribution < -0.4 is 0 Å². The topological polar surface area (TPSA) is 65.9 Å². The summed E-state index contributed by atoms with van der Waals surface area (Å²) in [4.78, 5) is 21.4. The van der Waals surface area contributed by atoms with E-state index in [-0.39, 0.29) is 17.6 Å². The lowest BCUT2D eigenvalue weighted by Crippen LogP contribution is -2.47. The van der Waals surface area contributed by atoms with Crippen molar-refractivity contribution in [2.45, 2.75) is 44.5 Å². The third kappa shape index (κ3) is 4.98. The highest BCUT2D eigenvalue weighted by molar-refractivity contribution is 7.07. The van der Waals surface area contributed by atoms with Crippen LogP contribution in [0.2, 0.25) is 0 Å². The minimum Gasteiger partial charge on any atom is -0.392 e. The molecule has 4 rings (SSSR count). The Morgan fingerprint density at radius 3 is 2.87 bits per heavy atom. The lowest BCUT2D eigenvalue weighted by atomic mass is 9.83. The molecule has 1 spiro atoms. The number of benzene rings is 1. The second-order valence-electron chi connectivity index (χ2n) is 8.83. The van der Waals surface area contributed by atoms with E-state index < -0.39 is 11.7 Å². The van der Waals surface area contributed by atoms with Crippen molar-refractivity contribution in [3.05, 3.63) is 51.7 Å². The monoisotopic (exact) mass is 447 g/mol. The number of likely N-dealkylation sites (tertiary alicyclic amines) is 1. The van der Waals surface area contributed by atoms with Crippen molar-refractivity contribution in [1.29, 1.82) is 0 Å². The summed E-state index contributed by atoms with van der Waals surface area (Å²) in [6, 6.07) is 4.94. The van der Waals surface area contributed by atoms with Crippen LogP contribution in [0.15, 0.2) is 29.1 Å². The van der Waals surface area contributed by atoms with Gasteiger partial charge in [0.1, 0.15) is 5.82 Å². The first-order chi connectivity index (χ1) is 14.9. The second-order valence-corrected chi connectivity index (χ2v) is 9.55. The Kier molecular flexibility index (Phi) is 6.71. The molecular formula is C23H30FN3O3S. The molecule has 2 aliphatic heterocycles. The van der Waals surface area contributed by atoms with Gasteiger partial charge in [0, 0.05) is 45.0 Å². The Morgan fingerprint density at radius 1 is 1.42 bits per heavy atom. The summed E-state index contributed by atoms with van der Waals surface area (Å²) in [5.41, 5.74) is 4.36. The summed E-state index contributed by atoms with van der Waals surface area (Å²) in [6.45, 7) is 4.74. The molecule has 8 heteroatoms. The van der Waals surface area contributed by atoms with E-state index in [9.17, 15) is 14.3 Å². The van der Waals surface area contributed by atoms with Gasteiger partial charge in [-0.05, 0) is 43.0 Å². The molecule has 1 aromatic carbocycles. The highest BCUT2D eigenvalue weighted by Gasteiger charge is 2.43. The number of rotatable bonds is 7. The van der Waals surface area contributed by atoms with Gasteiger partial charge < -0.3 is 19.6 Å². The number of likely N-dealkylation sites (N-methyl/N-ethyl adjacent to an activating group) is 1. The Labute approximate surface area is 186 Å². The fraction of sp³-hybridized carbons (Fsp3) is 0.565. The highest BCUT2D eigenvalue weighted by atomic mass is 32.1. The molecule has 2 aliphatic rings. The maximum atomic E-state index is 13.9. The predicted octanol–water partition coefficient (Wildman–Crippen LogP) is 2.80. The number of aliphatic hydroxyl groups is 1. The minimum absolute atomic E-state index is 0.0266. The van der Waals surface area contributed by atoms with Gasteiger partial charge in [0.15, 0.2) is 0 Å². The van der Waals surface area contributed by atoms with Gasteiger partial charge >= 0.3 is 0 Å². The molecule has 0 bridgehead atoms. The van der Waals surface area contributed by atoms with Crippen molar-refractivity contribution >= 4 is 17.2 Å². The molecule has 31 heavy (non-hydrogen) atoms. The van der Waals surface area contributed by atoms with Crippen LogP contribution >= 0.6 is 11.3 Å². The van der Waals surface area contributed by atoms with Crippen LogP contribution in [0.1, 0.15) is 36.6 Å². The third-order valence-corrected chi connectivity index (χ3v) is 7.05. The number of amides is 1.